The molecule has 2 aromatic heterocycles. The van der Waals surface area contributed by atoms with Crippen LogP contribution in [0.2, 0.25) is 0 Å². The van der Waals surface area contributed by atoms with Gasteiger partial charge in [0.05, 0.1) is 23.9 Å². The minimum atomic E-state index is -0.559. The molecule has 0 aliphatic carbocycles. The van der Waals surface area contributed by atoms with E-state index in [9.17, 15) is 14.4 Å². The minimum absolute atomic E-state index is 0.242. The van der Waals surface area contributed by atoms with Gasteiger partial charge in [-0.25, -0.2) is 25.0 Å². The van der Waals surface area contributed by atoms with E-state index in [1.54, 1.807) is 40.4 Å². The molecular formula is C35H37N9O3. The lowest BCUT2D eigenvalue weighted by atomic mass is 9.98. The van der Waals surface area contributed by atoms with Gasteiger partial charge in [-0.2, -0.15) is 5.10 Å². The molecule has 7 rings (SSSR count). The molecule has 1 fully saturated rings. The highest BCUT2D eigenvalue weighted by Gasteiger charge is 2.39. The Kier molecular flexibility index (Phi) is 8.07. The second-order valence-electron chi connectivity index (χ2n) is 12.3. The Hall–Kier alpha value is -5.65. The Morgan fingerprint density at radius 1 is 1.02 bits per heavy atom. The normalized spacial score (nSPS) is 15.5. The van der Waals surface area contributed by atoms with Crippen molar-refractivity contribution in [3.8, 4) is 0 Å². The number of rotatable bonds is 8. The van der Waals surface area contributed by atoms with Gasteiger partial charge in [0.1, 0.15) is 11.9 Å². The Labute approximate surface area is 272 Å². The standard InChI is InChI=1S/C35H37N9O3/c1-23-16-25(18-28-20-38-39-31(23)28)19-30(33-37-12-15-42(33)21-24-8-7-10-26(17-24)32(36)45)44-29-11-4-3-9-27(29)22-43(35(44)47)40-34(46)41-13-5-2-6-14-41/h3-4,7-12,15-18,20,30H,2,5-6,13-14,19,21-22H2,1H3,(H2,36,45)(H,38,39)(H,40,46). The number of aromatic amines is 1. The van der Waals surface area contributed by atoms with Crippen molar-refractivity contribution >= 4 is 34.6 Å². The summed E-state index contributed by atoms with van der Waals surface area (Å²) in [5.41, 5.74) is 14.5. The zero-order valence-electron chi connectivity index (χ0n) is 26.2. The topological polar surface area (TPSA) is 145 Å². The van der Waals surface area contributed by atoms with Crippen LogP contribution < -0.4 is 16.1 Å². The van der Waals surface area contributed by atoms with E-state index in [0.717, 1.165) is 58.1 Å². The summed E-state index contributed by atoms with van der Waals surface area (Å²) in [6.07, 6.45) is 8.83. The van der Waals surface area contributed by atoms with Crippen molar-refractivity contribution in [1.82, 2.24) is 35.1 Å². The number of piperidine rings is 1. The number of nitrogens with one attached hydrogen (secondary N) is 2. The van der Waals surface area contributed by atoms with E-state index < -0.39 is 11.9 Å². The molecule has 5 aromatic rings. The van der Waals surface area contributed by atoms with Gasteiger partial charge in [0.25, 0.3) is 0 Å². The number of carbonyl (C=O) groups excluding carboxylic acids is 3. The summed E-state index contributed by atoms with van der Waals surface area (Å²) in [4.78, 5) is 48.2. The van der Waals surface area contributed by atoms with Gasteiger partial charge in [-0.3, -0.25) is 14.8 Å². The number of aromatic nitrogens is 4. The zero-order valence-corrected chi connectivity index (χ0v) is 26.2. The van der Waals surface area contributed by atoms with E-state index in [1.165, 1.54) is 5.01 Å². The smallest absolute Gasteiger partial charge is 0.344 e. The van der Waals surface area contributed by atoms with Crippen LogP contribution in [0.15, 0.2) is 79.3 Å². The monoisotopic (exact) mass is 631 g/mol. The van der Waals surface area contributed by atoms with Gasteiger partial charge in [0.15, 0.2) is 0 Å². The van der Waals surface area contributed by atoms with Crippen LogP contribution in [0.1, 0.15) is 63.7 Å². The lowest BCUT2D eigenvalue weighted by Crippen LogP contribution is -2.58. The number of likely N-dealkylation sites (tertiary alicyclic amines) is 1. The lowest BCUT2D eigenvalue weighted by molar-refractivity contribution is 0.1000. The molecule has 2 aliphatic heterocycles. The average molecular weight is 632 g/mol. The Bertz CT molecular complexity index is 1960. The SMILES string of the molecule is Cc1cc(CC(c2nccn2Cc2cccc(C(N)=O)c2)N2C(=O)N(NC(=O)N3CCCCC3)Cc3ccccc32)cc2cn[nH]c12. The van der Waals surface area contributed by atoms with Crippen molar-refractivity contribution in [1.29, 1.82) is 0 Å². The Balaban J connectivity index is 1.30. The van der Waals surface area contributed by atoms with Crippen LogP contribution >= 0.6 is 0 Å². The second kappa shape index (κ2) is 12.6. The third-order valence-corrected chi connectivity index (χ3v) is 9.05. The second-order valence-corrected chi connectivity index (χ2v) is 12.3. The summed E-state index contributed by atoms with van der Waals surface area (Å²) in [5.74, 6) is 0.162. The van der Waals surface area contributed by atoms with Crippen molar-refractivity contribution in [2.75, 3.05) is 18.0 Å². The fourth-order valence-electron chi connectivity index (χ4n) is 6.75. The van der Waals surface area contributed by atoms with E-state index in [2.05, 4.69) is 27.8 Å². The number of imidazole rings is 1. The highest BCUT2D eigenvalue weighted by molar-refractivity contribution is 5.97. The number of aryl methyl sites for hydroxylation is 1. The molecule has 1 saturated heterocycles. The number of para-hydroxylation sites is 1. The number of benzene rings is 3. The molecule has 1 atom stereocenters. The van der Waals surface area contributed by atoms with Crippen LogP contribution in [0.4, 0.5) is 15.3 Å². The number of anilines is 1. The number of primary amides is 1. The maximum absolute atomic E-state index is 14.6. The van der Waals surface area contributed by atoms with Gasteiger partial charge in [-0.1, -0.05) is 36.4 Å². The minimum Gasteiger partial charge on any atom is -0.366 e. The molecule has 240 valence electrons. The third kappa shape index (κ3) is 6.01. The van der Waals surface area contributed by atoms with Gasteiger partial charge in [-0.05, 0) is 72.7 Å². The van der Waals surface area contributed by atoms with Gasteiger partial charge in [-0.15, -0.1) is 0 Å². The van der Waals surface area contributed by atoms with Gasteiger partial charge in [0.2, 0.25) is 5.91 Å². The molecule has 4 heterocycles. The number of amides is 5. The van der Waals surface area contributed by atoms with E-state index in [-0.39, 0.29) is 18.6 Å². The number of hydrazine groups is 1. The quantitative estimate of drug-likeness (QED) is 0.219. The number of urea groups is 2. The van der Waals surface area contributed by atoms with Gasteiger partial charge < -0.3 is 15.2 Å². The first-order valence-electron chi connectivity index (χ1n) is 15.9. The summed E-state index contributed by atoms with van der Waals surface area (Å²) >= 11 is 0. The first kappa shape index (κ1) is 30.0. The number of hydrogen-bond donors (Lipinski definition) is 3. The number of H-pyrrole nitrogens is 1. The predicted octanol–water partition coefficient (Wildman–Crippen LogP) is 5.05. The molecule has 0 spiro atoms. The molecule has 2 aliphatic rings. The molecule has 47 heavy (non-hydrogen) atoms. The maximum atomic E-state index is 14.6. The predicted molar refractivity (Wildman–Crippen MR) is 177 cm³/mol. The Morgan fingerprint density at radius 2 is 1.85 bits per heavy atom. The largest absolute Gasteiger partial charge is 0.366 e. The Morgan fingerprint density at radius 3 is 2.68 bits per heavy atom. The van der Waals surface area contributed by atoms with Crippen LogP contribution in [0.5, 0.6) is 0 Å². The molecule has 0 saturated carbocycles. The molecule has 5 amide bonds. The molecule has 3 aromatic carbocycles. The van der Waals surface area contributed by atoms with Crippen LogP contribution in [0.25, 0.3) is 10.9 Å². The molecule has 0 bridgehead atoms. The van der Waals surface area contributed by atoms with Crippen LogP contribution in [0, 0.1) is 6.92 Å². The molecule has 0 radical (unpaired) electrons. The summed E-state index contributed by atoms with van der Waals surface area (Å²) in [6, 6.07) is 18.0. The summed E-state index contributed by atoms with van der Waals surface area (Å²) in [6.45, 7) is 4.02. The lowest BCUT2D eigenvalue weighted by Gasteiger charge is -2.41. The van der Waals surface area contributed by atoms with Crippen molar-refractivity contribution in [3.63, 3.8) is 0 Å². The molecule has 1 unspecified atom stereocenters. The summed E-state index contributed by atoms with van der Waals surface area (Å²) in [5, 5.41) is 9.69. The number of hydrogen-bond acceptors (Lipinski definition) is 5. The van der Waals surface area contributed by atoms with E-state index in [0.29, 0.717) is 37.4 Å². The van der Waals surface area contributed by atoms with Crippen molar-refractivity contribution in [3.05, 3.63) is 113 Å². The van der Waals surface area contributed by atoms with Crippen molar-refractivity contribution in [2.45, 2.75) is 51.7 Å². The van der Waals surface area contributed by atoms with Crippen molar-refractivity contribution in [2.24, 2.45) is 5.73 Å². The zero-order chi connectivity index (χ0) is 32.5. The average Bonchev–Trinajstić information content (AvgIpc) is 3.75. The van der Waals surface area contributed by atoms with Gasteiger partial charge >= 0.3 is 12.1 Å². The summed E-state index contributed by atoms with van der Waals surface area (Å²) < 4.78 is 2.00. The fourth-order valence-corrected chi connectivity index (χ4v) is 6.75. The first-order chi connectivity index (χ1) is 22.9. The van der Waals surface area contributed by atoms with Crippen LogP contribution in [0.3, 0.4) is 0 Å². The summed E-state index contributed by atoms with van der Waals surface area (Å²) in [7, 11) is 0. The van der Waals surface area contributed by atoms with Crippen LogP contribution in [-0.4, -0.2) is 60.7 Å². The van der Waals surface area contributed by atoms with E-state index >= 15 is 0 Å². The van der Waals surface area contributed by atoms with Crippen molar-refractivity contribution < 1.29 is 14.4 Å². The fraction of sp³-hybridized carbons (Fsp3) is 0.286. The number of fused-ring (bicyclic) bond motifs is 2. The maximum Gasteiger partial charge on any atom is 0.344 e. The molecule has 12 nitrogen and oxygen atoms in total. The highest BCUT2D eigenvalue weighted by atomic mass is 16.2. The first-order valence-corrected chi connectivity index (χ1v) is 15.9. The molecule has 12 heteroatoms. The van der Waals surface area contributed by atoms with Gasteiger partial charge in [0, 0.05) is 49.4 Å². The number of nitrogens with two attached hydrogens (primary N) is 1. The van der Waals surface area contributed by atoms with E-state index in [1.807, 2.05) is 48.0 Å². The number of carbonyl (C=O) groups is 3. The highest BCUT2D eigenvalue weighted by Crippen LogP contribution is 2.37. The number of nitrogens with zero attached hydrogens (tertiary/aromatic N) is 6. The van der Waals surface area contributed by atoms with Crippen LogP contribution in [-0.2, 0) is 19.5 Å². The van der Waals surface area contributed by atoms with E-state index in [4.69, 9.17) is 10.7 Å². The third-order valence-electron chi connectivity index (χ3n) is 9.05. The molecular weight excluding hydrogens is 594 g/mol. The molecule has 4 N–H and O–H groups in total.